The molecule has 0 radical (unpaired) electrons. The van der Waals surface area contributed by atoms with E-state index in [1.54, 1.807) is 24.3 Å². The SMILES string of the molecule is O=S(=O)(Nc1ccc(C2=NCCc3ccc(Cl)cc32)cc1)c1ccc(C(F)(F)F)cc1Cl. The Balaban J connectivity index is 1.58. The lowest BCUT2D eigenvalue weighted by molar-refractivity contribution is -0.137. The van der Waals surface area contributed by atoms with E-state index < -0.39 is 31.7 Å². The first-order valence-corrected chi connectivity index (χ1v) is 11.6. The number of hydrogen-bond acceptors (Lipinski definition) is 3. The van der Waals surface area contributed by atoms with Crippen LogP contribution in [0.2, 0.25) is 10.0 Å². The molecule has 0 bridgehead atoms. The lowest BCUT2D eigenvalue weighted by atomic mass is 9.93. The highest BCUT2D eigenvalue weighted by atomic mass is 35.5. The maximum absolute atomic E-state index is 12.8. The zero-order valence-corrected chi connectivity index (χ0v) is 18.6. The van der Waals surface area contributed by atoms with Crippen LogP contribution in [0.5, 0.6) is 0 Å². The van der Waals surface area contributed by atoms with Crippen molar-refractivity contribution in [1.29, 1.82) is 0 Å². The van der Waals surface area contributed by atoms with E-state index in [2.05, 4.69) is 9.71 Å². The van der Waals surface area contributed by atoms with Gasteiger partial charge in [-0.2, -0.15) is 13.2 Å². The highest BCUT2D eigenvalue weighted by Gasteiger charge is 2.32. The Morgan fingerprint density at radius 1 is 0.938 bits per heavy atom. The predicted octanol–water partition coefficient (Wildman–Crippen LogP) is 6.21. The van der Waals surface area contributed by atoms with Gasteiger partial charge in [0.25, 0.3) is 10.0 Å². The van der Waals surface area contributed by atoms with Gasteiger partial charge in [0.15, 0.2) is 0 Å². The van der Waals surface area contributed by atoms with Gasteiger partial charge in [-0.1, -0.05) is 41.4 Å². The Bertz CT molecular complexity index is 1320. The number of aliphatic imine (C=N–C) groups is 1. The Labute approximate surface area is 192 Å². The van der Waals surface area contributed by atoms with E-state index in [4.69, 9.17) is 23.2 Å². The van der Waals surface area contributed by atoms with Gasteiger partial charge in [-0.25, -0.2) is 8.42 Å². The van der Waals surface area contributed by atoms with Gasteiger partial charge in [0, 0.05) is 28.4 Å². The number of alkyl halides is 3. The van der Waals surface area contributed by atoms with Crippen molar-refractivity contribution in [3.63, 3.8) is 0 Å². The van der Waals surface area contributed by atoms with E-state index in [0.717, 1.165) is 34.9 Å². The summed E-state index contributed by atoms with van der Waals surface area (Å²) in [6, 6.07) is 14.2. The monoisotopic (exact) mass is 498 g/mol. The van der Waals surface area contributed by atoms with Crippen molar-refractivity contribution >= 4 is 44.6 Å². The number of fused-ring (bicyclic) bond motifs is 1. The van der Waals surface area contributed by atoms with Gasteiger partial charge in [-0.3, -0.25) is 9.71 Å². The maximum Gasteiger partial charge on any atom is 0.416 e. The van der Waals surface area contributed by atoms with Crippen molar-refractivity contribution in [3.05, 3.63) is 93.0 Å². The second-order valence-electron chi connectivity index (χ2n) is 7.11. The normalized spacial score (nSPS) is 14.0. The van der Waals surface area contributed by atoms with Gasteiger partial charge in [-0.15, -0.1) is 0 Å². The Hall–Kier alpha value is -2.55. The summed E-state index contributed by atoms with van der Waals surface area (Å²) in [4.78, 5) is 4.14. The van der Waals surface area contributed by atoms with E-state index >= 15 is 0 Å². The maximum atomic E-state index is 12.8. The van der Waals surface area contributed by atoms with Gasteiger partial charge in [-0.05, 0) is 54.4 Å². The minimum atomic E-state index is -4.63. The van der Waals surface area contributed by atoms with Crippen LogP contribution < -0.4 is 4.72 Å². The van der Waals surface area contributed by atoms with Crippen LogP contribution in [-0.2, 0) is 22.6 Å². The number of benzene rings is 3. The molecular formula is C22H15Cl2F3N2O2S. The molecule has 1 aliphatic heterocycles. The third-order valence-corrected chi connectivity index (χ3v) is 7.04. The summed E-state index contributed by atoms with van der Waals surface area (Å²) in [5, 5.41) is 0.0742. The minimum absolute atomic E-state index is 0.229. The molecule has 10 heteroatoms. The van der Waals surface area contributed by atoms with E-state index in [9.17, 15) is 21.6 Å². The summed E-state index contributed by atoms with van der Waals surface area (Å²) in [7, 11) is -4.20. The fraction of sp³-hybridized carbons (Fsp3) is 0.136. The Morgan fingerprint density at radius 2 is 1.66 bits per heavy atom. The third-order valence-electron chi connectivity index (χ3n) is 4.94. The van der Waals surface area contributed by atoms with Crippen LogP contribution in [0, 0.1) is 0 Å². The molecule has 166 valence electrons. The first-order valence-electron chi connectivity index (χ1n) is 9.38. The Morgan fingerprint density at radius 3 is 2.31 bits per heavy atom. The third kappa shape index (κ3) is 4.62. The van der Waals surface area contributed by atoms with E-state index in [0.29, 0.717) is 23.7 Å². The zero-order chi connectivity index (χ0) is 23.1. The molecule has 1 N–H and O–H groups in total. The van der Waals surface area contributed by atoms with Crippen LogP contribution >= 0.6 is 23.2 Å². The lowest BCUT2D eigenvalue weighted by Gasteiger charge is -2.18. The van der Waals surface area contributed by atoms with Gasteiger partial charge in [0.2, 0.25) is 0 Å². The number of nitrogens with zero attached hydrogens (tertiary/aromatic N) is 1. The molecule has 3 aromatic rings. The fourth-order valence-electron chi connectivity index (χ4n) is 3.41. The van der Waals surface area contributed by atoms with Crippen molar-refractivity contribution < 1.29 is 21.6 Å². The summed E-state index contributed by atoms with van der Waals surface area (Å²) in [5.74, 6) is 0. The first-order chi connectivity index (χ1) is 15.0. The number of nitrogens with one attached hydrogen (secondary N) is 1. The molecule has 0 atom stereocenters. The largest absolute Gasteiger partial charge is 0.416 e. The van der Waals surface area contributed by atoms with Crippen molar-refractivity contribution in [2.24, 2.45) is 4.99 Å². The summed E-state index contributed by atoms with van der Waals surface area (Å²) in [6.07, 6.45) is -3.82. The van der Waals surface area contributed by atoms with Crippen molar-refractivity contribution in [2.75, 3.05) is 11.3 Å². The first kappa shape index (κ1) is 22.6. The van der Waals surface area contributed by atoms with Crippen molar-refractivity contribution in [3.8, 4) is 0 Å². The molecular weight excluding hydrogens is 484 g/mol. The topological polar surface area (TPSA) is 58.5 Å². The van der Waals surface area contributed by atoms with E-state index in [1.807, 2.05) is 18.2 Å². The minimum Gasteiger partial charge on any atom is -0.284 e. The number of sulfonamides is 1. The summed E-state index contributed by atoms with van der Waals surface area (Å²) in [5.41, 5.74) is 2.79. The second-order valence-corrected chi connectivity index (χ2v) is 9.60. The number of hydrogen-bond donors (Lipinski definition) is 1. The smallest absolute Gasteiger partial charge is 0.284 e. The van der Waals surface area contributed by atoms with Gasteiger partial charge >= 0.3 is 6.18 Å². The molecule has 0 spiro atoms. The van der Waals surface area contributed by atoms with Crippen LogP contribution in [0.3, 0.4) is 0 Å². The second kappa shape index (κ2) is 8.42. The standard InChI is InChI=1S/C22H15Cl2F3N2O2S/c23-16-5-1-13-9-10-28-21(18(13)12-16)14-2-6-17(7-3-14)29-32(30,31)20-8-4-15(11-19(20)24)22(25,26)27/h1-8,11-12,29H,9-10H2. The molecule has 0 unspecified atom stereocenters. The van der Waals surface area contributed by atoms with Gasteiger partial charge < -0.3 is 0 Å². The fourth-order valence-corrected chi connectivity index (χ4v) is 5.19. The van der Waals surface area contributed by atoms with E-state index in [1.165, 1.54) is 0 Å². The Kier molecular flexibility index (Phi) is 5.96. The molecule has 4 nitrogen and oxygen atoms in total. The zero-order valence-electron chi connectivity index (χ0n) is 16.2. The molecule has 1 aliphatic rings. The quantitative estimate of drug-likeness (QED) is 0.465. The highest BCUT2D eigenvalue weighted by Crippen LogP contribution is 2.34. The molecule has 0 saturated carbocycles. The molecule has 0 aliphatic carbocycles. The van der Waals surface area contributed by atoms with E-state index in [-0.39, 0.29) is 5.69 Å². The predicted molar refractivity (Wildman–Crippen MR) is 119 cm³/mol. The number of halogens is 5. The highest BCUT2D eigenvalue weighted by molar-refractivity contribution is 7.92. The lowest BCUT2D eigenvalue weighted by Crippen LogP contribution is -2.16. The molecule has 4 rings (SSSR count). The van der Waals surface area contributed by atoms with Crippen LogP contribution in [-0.4, -0.2) is 20.7 Å². The summed E-state index contributed by atoms with van der Waals surface area (Å²) < 4.78 is 66.1. The van der Waals surface area contributed by atoms with Crippen molar-refractivity contribution in [2.45, 2.75) is 17.5 Å². The van der Waals surface area contributed by atoms with Crippen molar-refractivity contribution in [1.82, 2.24) is 0 Å². The molecule has 0 saturated heterocycles. The average Bonchev–Trinajstić information content (AvgIpc) is 2.73. The van der Waals surface area contributed by atoms with Crippen LogP contribution in [0.1, 0.15) is 22.3 Å². The number of rotatable bonds is 4. The molecule has 32 heavy (non-hydrogen) atoms. The van der Waals surface area contributed by atoms with Crippen LogP contribution in [0.4, 0.5) is 18.9 Å². The van der Waals surface area contributed by atoms with Crippen LogP contribution in [0.15, 0.2) is 70.6 Å². The summed E-state index contributed by atoms with van der Waals surface area (Å²) >= 11 is 12.0. The molecule has 0 amide bonds. The summed E-state index contributed by atoms with van der Waals surface area (Å²) in [6.45, 7) is 0.630. The van der Waals surface area contributed by atoms with Gasteiger partial charge in [0.1, 0.15) is 4.90 Å². The molecule has 3 aromatic carbocycles. The molecule has 0 aromatic heterocycles. The molecule has 0 fully saturated rings. The average molecular weight is 499 g/mol. The number of anilines is 1. The van der Waals surface area contributed by atoms with Gasteiger partial charge in [0.05, 0.1) is 16.3 Å². The van der Waals surface area contributed by atoms with Crippen LogP contribution in [0.25, 0.3) is 0 Å². The molecule has 1 heterocycles.